The van der Waals surface area contributed by atoms with E-state index in [4.69, 9.17) is 0 Å². The van der Waals surface area contributed by atoms with Crippen molar-refractivity contribution in [2.24, 2.45) is 0 Å². The molecule has 88 valence electrons. The first-order valence-corrected chi connectivity index (χ1v) is 6.93. The van der Waals surface area contributed by atoms with Crippen LogP contribution >= 0.6 is 11.8 Å². The van der Waals surface area contributed by atoms with Crippen LogP contribution < -0.4 is 5.32 Å². The van der Waals surface area contributed by atoms with Gasteiger partial charge in [0.05, 0.1) is 12.1 Å². The normalized spacial score (nSPS) is 25.4. The monoisotopic (exact) mass is 237 g/mol. The molecule has 0 aromatic heterocycles. The largest absolute Gasteiger partial charge is 0.394 e. The fourth-order valence-electron chi connectivity index (χ4n) is 2.06. The first-order chi connectivity index (χ1) is 7.74. The molecule has 1 saturated heterocycles. The average Bonchev–Trinajstić information content (AvgIpc) is 2.33. The molecule has 1 heterocycles. The van der Waals surface area contributed by atoms with Crippen molar-refractivity contribution in [1.29, 1.82) is 0 Å². The van der Waals surface area contributed by atoms with Crippen molar-refractivity contribution in [1.82, 2.24) is 0 Å². The number of hydrogen-bond donors (Lipinski definition) is 2. The van der Waals surface area contributed by atoms with Crippen LogP contribution in [0.1, 0.15) is 18.4 Å². The summed E-state index contributed by atoms with van der Waals surface area (Å²) in [5.41, 5.74) is 2.27. The predicted octanol–water partition coefficient (Wildman–Crippen LogP) is 2.67. The summed E-state index contributed by atoms with van der Waals surface area (Å²) in [4.78, 5) is 0. The van der Waals surface area contributed by atoms with Crippen LogP contribution in [0.2, 0.25) is 0 Å². The van der Waals surface area contributed by atoms with Gasteiger partial charge in [-0.2, -0.15) is 11.8 Å². The van der Waals surface area contributed by atoms with Crippen LogP contribution in [-0.4, -0.2) is 28.8 Å². The lowest BCUT2D eigenvalue weighted by Gasteiger charge is -2.37. The van der Waals surface area contributed by atoms with Crippen LogP contribution in [-0.2, 0) is 0 Å². The molecule has 0 aliphatic carbocycles. The molecule has 1 aromatic carbocycles. The second-order valence-corrected chi connectivity index (χ2v) is 5.69. The number of rotatable bonds is 3. The third-order valence-electron chi connectivity index (χ3n) is 3.09. The minimum Gasteiger partial charge on any atom is -0.394 e. The summed E-state index contributed by atoms with van der Waals surface area (Å²) in [6.07, 6.45) is 2.24. The van der Waals surface area contributed by atoms with E-state index in [9.17, 15) is 5.11 Å². The Kier molecular flexibility index (Phi) is 3.77. The third-order valence-corrected chi connectivity index (χ3v) is 4.42. The van der Waals surface area contributed by atoms with Crippen LogP contribution in [0.3, 0.4) is 0 Å². The first-order valence-electron chi connectivity index (χ1n) is 5.78. The van der Waals surface area contributed by atoms with Crippen LogP contribution in [0.4, 0.5) is 5.69 Å². The molecule has 1 aromatic rings. The highest BCUT2D eigenvalue weighted by Crippen LogP contribution is 2.30. The van der Waals surface area contributed by atoms with Crippen molar-refractivity contribution in [3.8, 4) is 0 Å². The summed E-state index contributed by atoms with van der Waals surface area (Å²) in [5.74, 6) is 2.22. The standard InChI is InChI=1S/C13H19NOS/c1-11-3-5-12(6-4-11)14-13(9-15)7-2-8-16-10-13/h3-6,14-15H,2,7-10H2,1H3. The summed E-state index contributed by atoms with van der Waals surface area (Å²) >= 11 is 1.93. The SMILES string of the molecule is Cc1ccc(NC2(CO)CCCSC2)cc1. The van der Waals surface area contributed by atoms with Crippen LogP contribution in [0.25, 0.3) is 0 Å². The Morgan fingerprint density at radius 2 is 2.12 bits per heavy atom. The molecule has 0 saturated carbocycles. The van der Waals surface area contributed by atoms with E-state index < -0.39 is 0 Å². The molecule has 2 rings (SSSR count). The van der Waals surface area contributed by atoms with Gasteiger partial charge in [-0.05, 0) is 37.7 Å². The highest BCUT2D eigenvalue weighted by atomic mass is 32.2. The van der Waals surface area contributed by atoms with Crippen molar-refractivity contribution in [2.45, 2.75) is 25.3 Å². The van der Waals surface area contributed by atoms with Crippen molar-refractivity contribution >= 4 is 17.4 Å². The van der Waals surface area contributed by atoms with Crippen LogP contribution in [0.5, 0.6) is 0 Å². The smallest absolute Gasteiger partial charge is 0.0694 e. The second-order valence-electron chi connectivity index (χ2n) is 4.59. The number of benzene rings is 1. The van der Waals surface area contributed by atoms with Gasteiger partial charge >= 0.3 is 0 Å². The number of anilines is 1. The van der Waals surface area contributed by atoms with E-state index >= 15 is 0 Å². The van der Waals surface area contributed by atoms with Crippen molar-refractivity contribution < 1.29 is 5.11 Å². The van der Waals surface area contributed by atoms with Gasteiger partial charge in [0, 0.05) is 11.4 Å². The zero-order valence-corrected chi connectivity index (χ0v) is 10.5. The molecular formula is C13H19NOS. The summed E-state index contributed by atoms with van der Waals surface area (Å²) < 4.78 is 0. The third kappa shape index (κ3) is 2.71. The number of aliphatic hydroxyl groups is 1. The molecule has 0 radical (unpaired) electrons. The van der Waals surface area contributed by atoms with Crippen LogP contribution in [0.15, 0.2) is 24.3 Å². The van der Waals surface area contributed by atoms with Crippen molar-refractivity contribution in [3.05, 3.63) is 29.8 Å². The maximum Gasteiger partial charge on any atom is 0.0694 e. The minimum atomic E-state index is -0.113. The molecule has 1 unspecified atom stereocenters. The van der Waals surface area contributed by atoms with Gasteiger partial charge in [0.25, 0.3) is 0 Å². The summed E-state index contributed by atoms with van der Waals surface area (Å²) in [7, 11) is 0. The van der Waals surface area contributed by atoms with Crippen molar-refractivity contribution in [3.63, 3.8) is 0 Å². The molecule has 2 nitrogen and oxygen atoms in total. The van der Waals surface area contributed by atoms with Gasteiger partial charge in [-0.25, -0.2) is 0 Å². The average molecular weight is 237 g/mol. The summed E-state index contributed by atoms with van der Waals surface area (Å²) in [6, 6.07) is 8.38. The van der Waals surface area contributed by atoms with Crippen LogP contribution in [0, 0.1) is 6.92 Å². The molecule has 0 amide bonds. The second kappa shape index (κ2) is 5.11. The molecule has 2 N–H and O–H groups in total. The Balaban J connectivity index is 2.08. The molecule has 0 spiro atoms. The highest BCUT2D eigenvalue weighted by Gasteiger charge is 2.31. The number of hydrogen-bond acceptors (Lipinski definition) is 3. The minimum absolute atomic E-state index is 0.113. The Morgan fingerprint density at radius 1 is 1.38 bits per heavy atom. The number of thioether (sulfide) groups is 1. The highest BCUT2D eigenvalue weighted by molar-refractivity contribution is 7.99. The zero-order valence-electron chi connectivity index (χ0n) is 9.70. The lowest BCUT2D eigenvalue weighted by Crippen LogP contribution is -2.46. The van der Waals surface area contributed by atoms with Gasteiger partial charge in [0.15, 0.2) is 0 Å². The van der Waals surface area contributed by atoms with E-state index in [1.165, 1.54) is 17.7 Å². The lowest BCUT2D eigenvalue weighted by atomic mass is 9.96. The molecule has 3 heteroatoms. The van der Waals surface area contributed by atoms with E-state index in [1.807, 2.05) is 11.8 Å². The van der Waals surface area contributed by atoms with Crippen molar-refractivity contribution in [2.75, 3.05) is 23.4 Å². The fourth-order valence-corrected chi connectivity index (χ4v) is 3.25. The Labute approximate surface area is 101 Å². The first kappa shape index (κ1) is 11.8. The molecular weight excluding hydrogens is 218 g/mol. The van der Waals surface area contributed by atoms with Gasteiger partial charge in [-0.3, -0.25) is 0 Å². The molecule has 16 heavy (non-hydrogen) atoms. The number of aliphatic hydroxyl groups excluding tert-OH is 1. The Hall–Kier alpha value is -0.670. The summed E-state index contributed by atoms with van der Waals surface area (Å²) in [5, 5.41) is 13.1. The van der Waals surface area contributed by atoms with Gasteiger partial charge in [0.1, 0.15) is 0 Å². The van der Waals surface area contributed by atoms with E-state index in [-0.39, 0.29) is 12.1 Å². The van der Waals surface area contributed by atoms with E-state index in [2.05, 4.69) is 36.5 Å². The molecule has 1 aliphatic heterocycles. The van der Waals surface area contributed by atoms with E-state index in [0.29, 0.717) is 0 Å². The zero-order chi connectivity index (χ0) is 11.4. The van der Waals surface area contributed by atoms with E-state index in [0.717, 1.165) is 17.9 Å². The van der Waals surface area contributed by atoms with Gasteiger partial charge < -0.3 is 10.4 Å². The van der Waals surface area contributed by atoms with E-state index in [1.54, 1.807) is 0 Å². The Morgan fingerprint density at radius 3 is 2.69 bits per heavy atom. The lowest BCUT2D eigenvalue weighted by molar-refractivity contribution is 0.215. The number of nitrogens with one attached hydrogen (secondary N) is 1. The fraction of sp³-hybridized carbons (Fsp3) is 0.538. The maximum atomic E-state index is 9.58. The Bertz CT molecular complexity index is 330. The molecule has 0 bridgehead atoms. The molecule has 1 aliphatic rings. The molecule has 1 fully saturated rings. The maximum absolute atomic E-state index is 9.58. The quantitative estimate of drug-likeness (QED) is 0.847. The number of aryl methyl sites for hydroxylation is 1. The topological polar surface area (TPSA) is 32.3 Å². The molecule has 1 atom stereocenters. The van der Waals surface area contributed by atoms with Gasteiger partial charge in [-0.15, -0.1) is 0 Å². The van der Waals surface area contributed by atoms with Gasteiger partial charge in [0.2, 0.25) is 0 Å². The predicted molar refractivity (Wildman–Crippen MR) is 71.2 cm³/mol. The summed E-state index contributed by atoms with van der Waals surface area (Å²) in [6.45, 7) is 2.30. The van der Waals surface area contributed by atoms with Gasteiger partial charge in [-0.1, -0.05) is 17.7 Å².